The molecular weight excluding hydrogens is 348 g/mol. The second kappa shape index (κ2) is 7.60. The lowest BCUT2D eigenvalue weighted by Crippen LogP contribution is -2.26. The Morgan fingerprint density at radius 3 is 2.00 bits per heavy atom. The number of rotatable bonds is 5. The van der Waals surface area contributed by atoms with Gasteiger partial charge in [-0.25, -0.2) is 8.42 Å². The van der Waals surface area contributed by atoms with Gasteiger partial charge in [-0.3, -0.25) is 4.79 Å². The van der Waals surface area contributed by atoms with Gasteiger partial charge in [-0.1, -0.05) is 45.0 Å². The smallest absolute Gasteiger partial charge is 0.251 e. The van der Waals surface area contributed by atoms with Crippen LogP contribution in [0.1, 0.15) is 42.3 Å². The highest BCUT2D eigenvalue weighted by atomic mass is 32.2. The van der Waals surface area contributed by atoms with Crippen LogP contribution < -0.4 is 5.32 Å². The van der Waals surface area contributed by atoms with E-state index in [-0.39, 0.29) is 22.8 Å². The lowest BCUT2D eigenvalue weighted by Gasteiger charge is -2.21. The van der Waals surface area contributed by atoms with Crippen molar-refractivity contribution in [2.45, 2.75) is 37.6 Å². The Labute approximate surface area is 156 Å². The first-order valence-corrected chi connectivity index (χ1v) is 9.87. The van der Waals surface area contributed by atoms with Crippen molar-refractivity contribution in [1.29, 1.82) is 0 Å². The molecule has 0 fully saturated rings. The maximum Gasteiger partial charge on any atom is 0.251 e. The third-order valence-electron chi connectivity index (χ3n) is 4.28. The molecule has 140 valence electrons. The fourth-order valence-corrected chi connectivity index (χ4v) is 3.71. The summed E-state index contributed by atoms with van der Waals surface area (Å²) in [6.07, 6.45) is 0. The van der Waals surface area contributed by atoms with E-state index < -0.39 is 10.0 Å². The molecule has 0 saturated carbocycles. The van der Waals surface area contributed by atoms with E-state index >= 15 is 0 Å². The molecule has 2 aromatic rings. The molecule has 0 aliphatic rings. The zero-order valence-corrected chi connectivity index (χ0v) is 16.7. The molecule has 0 heterocycles. The molecule has 2 aromatic carbocycles. The summed E-state index contributed by atoms with van der Waals surface area (Å²) < 4.78 is 26.9. The Balaban J connectivity index is 2.17. The van der Waals surface area contributed by atoms with Crippen molar-refractivity contribution in [3.8, 4) is 0 Å². The second-order valence-corrected chi connectivity index (χ2v) is 9.36. The largest absolute Gasteiger partial charge is 0.355 e. The molecule has 5 nitrogen and oxygen atoms in total. The van der Waals surface area contributed by atoms with E-state index in [0.29, 0.717) is 5.56 Å². The van der Waals surface area contributed by atoms with Crippen LogP contribution in [0.25, 0.3) is 0 Å². The van der Waals surface area contributed by atoms with Gasteiger partial charge in [-0.05, 0) is 40.8 Å². The predicted molar refractivity (Wildman–Crippen MR) is 104 cm³/mol. The van der Waals surface area contributed by atoms with E-state index in [9.17, 15) is 13.2 Å². The first kappa shape index (κ1) is 20.1. The quantitative estimate of drug-likeness (QED) is 0.874. The van der Waals surface area contributed by atoms with Crippen LogP contribution in [0.5, 0.6) is 0 Å². The van der Waals surface area contributed by atoms with Crippen LogP contribution in [0.4, 0.5) is 0 Å². The van der Waals surface area contributed by atoms with Crippen molar-refractivity contribution in [3.63, 3.8) is 0 Å². The van der Waals surface area contributed by atoms with Gasteiger partial charge < -0.3 is 5.32 Å². The van der Waals surface area contributed by atoms with E-state index in [1.165, 1.54) is 4.31 Å². The van der Waals surface area contributed by atoms with Gasteiger partial charge in [0, 0.05) is 26.2 Å². The van der Waals surface area contributed by atoms with Gasteiger partial charge >= 0.3 is 0 Å². The van der Waals surface area contributed by atoms with Gasteiger partial charge in [-0.15, -0.1) is 0 Å². The molecule has 0 aromatic heterocycles. The molecule has 2 rings (SSSR count). The van der Waals surface area contributed by atoms with Gasteiger partial charge in [-0.2, -0.15) is 4.31 Å². The summed E-state index contributed by atoms with van der Waals surface area (Å²) in [6.45, 7) is 6.50. The van der Waals surface area contributed by atoms with Crippen LogP contribution in [-0.2, 0) is 22.0 Å². The number of hydrogen-bond acceptors (Lipinski definition) is 3. The molecule has 0 radical (unpaired) electrons. The highest BCUT2D eigenvalue weighted by Crippen LogP contribution is 2.24. The fourth-order valence-electron chi connectivity index (χ4n) is 2.55. The van der Waals surface area contributed by atoms with E-state index in [1.807, 2.05) is 12.1 Å². The lowest BCUT2D eigenvalue weighted by molar-refractivity contribution is 0.0963. The number of carbonyl (C=O) groups is 1. The molecule has 0 aliphatic carbocycles. The third-order valence-corrected chi connectivity index (χ3v) is 6.09. The van der Waals surface area contributed by atoms with Gasteiger partial charge in [0.1, 0.15) is 0 Å². The van der Waals surface area contributed by atoms with Crippen molar-refractivity contribution in [2.75, 3.05) is 14.1 Å². The third kappa shape index (κ3) is 4.51. The highest BCUT2D eigenvalue weighted by molar-refractivity contribution is 7.89. The van der Waals surface area contributed by atoms with Gasteiger partial charge in [0.05, 0.1) is 4.90 Å². The molecule has 0 aliphatic heterocycles. The topological polar surface area (TPSA) is 66.5 Å². The van der Waals surface area contributed by atoms with Crippen molar-refractivity contribution in [3.05, 3.63) is 65.2 Å². The van der Waals surface area contributed by atoms with Crippen molar-refractivity contribution < 1.29 is 13.2 Å². The van der Waals surface area contributed by atoms with Crippen LogP contribution in [-0.4, -0.2) is 32.7 Å². The van der Waals surface area contributed by atoms with Gasteiger partial charge in [0.25, 0.3) is 5.91 Å². The molecule has 6 heteroatoms. The first-order valence-electron chi connectivity index (χ1n) is 8.43. The summed E-state index contributed by atoms with van der Waals surface area (Å²) in [4.78, 5) is 11.8. The number of nitrogens with zero attached hydrogens (tertiary/aromatic N) is 1. The maximum absolute atomic E-state index is 12.8. The molecule has 0 bridgehead atoms. The van der Waals surface area contributed by atoms with Crippen LogP contribution in [0.3, 0.4) is 0 Å². The molecule has 1 N–H and O–H groups in total. The monoisotopic (exact) mass is 374 g/mol. The Bertz CT molecular complexity index is 865. The number of amides is 1. The number of hydrogen-bond donors (Lipinski definition) is 1. The van der Waals surface area contributed by atoms with E-state index in [0.717, 1.165) is 11.1 Å². The zero-order valence-electron chi connectivity index (χ0n) is 15.9. The number of carbonyl (C=O) groups excluding carboxylic acids is 1. The van der Waals surface area contributed by atoms with Gasteiger partial charge in [0.2, 0.25) is 10.0 Å². The number of benzene rings is 2. The molecule has 0 atom stereocenters. The predicted octanol–water partition coefficient (Wildman–Crippen LogP) is 3.16. The lowest BCUT2D eigenvalue weighted by atomic mass is 9.87. The molecular formula is C20H26N2O3S. The minimum Gasteiger partial charge on any atom is -0.355 e. The Hall–Kier alpha value is -2.18. The molecule has 0 saturated heterocycles. The minimum atomic E-state index is -3.58. The minimum absolute atomic E-state index is 0.0271. The van der Waals surface area contributed by atoms with E-state index in [2.05, 4.69) is 26.1 Å². The summed E-state index contributed by atoms with van der Waals surface area (Å²) in [7, 11) is -0.450. The number of nitrogens with one attached hydrogen (secondary N) is 1. The summed E-state index contributed by atoms with van der Waals surface area (Å²) in [5.41, 5.74) is 2.42. The molecule has 0 spiro atoms. The van der Waals surface area contributed by atoms with Crippen molar-refractivity contribution >= 4 is 15.9 Å². The average Bonchev–Trinajstić information content (AvgIpc) is 2.61. The van der Waals surface area contributed by atoms with Crippen molar-refractivity contribution in [2.24, 2.45) is 0 Å². The van der Waals surface area contributed by atoms with Crippen molar-refractivity contribution in [1.82, 2.24) is 9.62 Å². The Morgan fingerprint density at radius 1 is 1.00 bits per heavy atom. The van der Waals surface area contributed by atoms with Crippen LogP contribution in [0.15, 0.2) is 53.4 Å². The average molecular weight is 375 g/mol. The maximum atomic E-state index is 12.8. The molecule has 1 amide bonds. The van der Waals surface area contributed by atoms with Crippen LogP contribution in [0, 0.1) is 0 Å². The van der Waals surface area contributed by atoms with E-state index in [4.69, 9.17) is 0 Å². The van der Waals surface area contributed by atoms with Crippen LogP contribution >= 0.6 is 0 Å². The SMILES string of the molecule is CNC(=O)c1ccc(CN(C)S(=O)(=O)c2ccc(C(C)(C)C)cc2)cc1. The second-order valence-electron chi connectivity index (χ2n) is 7.31. The fraction of sp³-hybridized carbons (Fsp3) is 0.350. The summed E-state index contributed by atoms with van der Waals surface area (Å²) in [5.74, 6) is -0.170. The van der Waals surface area contributed by atoms with E-state index in [1.54, 1.807) is 50.5 Å². The highest BCUT2D eigenvalue weighted by Gasteiger charge is 2.22. The van der Waals surface area contributed by atoms with Crippen LogP contribution in [0.2, 0.25) is 0 Å². The molecule has 0 unspecified atom stereocenters. The number of sulfonamides is 1. The van der Waals surface area contributed by atoms with Gasteiger partial charge in [0.15, 0.2) is 0 Å². The summed E-state index contributed by atoms with van der Waals surface area (Å²) >= 11 is 0. The standard InChI is InChI=1S/C20H26N2O3S/c1-20(2,3)17-10-12-18(13-11-17)26(24,25)22(5)14-15-6-8-16(9-7-15)19(23)21-4/h6-13H,14H2,1-5H3,(H,21,23). The zero-order chi connectivity index (χ0) is 19.5. The first-order chi connectivity index (χ1) is 12.1. The summed E-state index contributed by atoms with van der Waals surface area (Å²) in [5, 5.41) is 2.56. The molecule has 26 heavy (non-hydrogen) atoms. The Kier molecular flexibility index (Phi) is 5.88. The summed E-state index contributed by atoms with van der Waals surface area (Å²) in [6, 6.07) is 13.9. The Morgan fingerprint density at radius 2 is 1.54 bits per heavy atom. The normalized spacial score (nSPS) is 12.2.